The zero-order valence-electron chi connectivity index (χ0n) is 10.5. The molecule has 1 aromatic carbocycles. The Balaban J connectivity index is 2.20. The van der Waals surface area contributed by atoms with Crippen LogP contribution in [0, 0.1) is 6.92 Å². The Bertz CT molecular complexity index is 562. The van der Waals surface area contributed by atoms with E-state index in [1.165, 1.54) is 0 Å². The molecular weight excluding hydrogens is 310 g/mol. The normalized spacial score (nSPS) is 10.4. The van der Waals surface area contributed by atoms with Crippen molar-refractivity contribution in [1.82, 2.24) is 0 Å². The molecule has 0 aliphatic heterocycles. The van der Waals surface area contributed by atoms with Crippen molar-refractivity contribution in [3.8, 4) is 0 Å². The molecule has 0 bridgehead atoms. The van der Waals surface area contributed by atoms with Gasteiger partial charge < -0.3 is 14.4 Å². The van der Waals surface area contributed by atoms with E-state index >= 15 is 0 Å². The van der Waals surface area contributed by atoms with Crippen molar-refractivity contribution in [3.05, 3.63) is 52.4 Å². The number of nitrogens with zero attached hydrogens (tertiary/aromatic N) is 1. The van der Waals surface area contributed by atoms with Gasteiger partial charge in [-0.2, -0.15) is 0 Å². The number of benzene rings is 1. The molecule has 0 aliphatic rings. The molecule has 0 spiro atoms. The molecular formula is C14H14BrNO3. The monoisotopic (exact) mass is 323 g/mol. The summed E-state index contributed by atoms with van der Waals surface area (Å²) in [6.07, 6.45) is 0. The summed E-state index contributed by atoms with van der Waals surface area (Å²) in [6.45, 7) is 2.34. The Hall–Kier alpha value is -1.75. The van der Waals surface area contributed by atoms with Gasteiger partial charge in [0.05, 0.1) is 6.54 Å². The molecule has 2 rings (SSSR count). The van der Waals surface area contributed by atoms with E-state index < -0.39 is 5.97 Å². The van der Waals surface area contributed by atoms with Crippen molar-refractivity contribution >= 4 is 27.6 Å². The molecule has 0 fully saturated rings. The fraction of sp³-hybridized carbons (Fsp3) is 0.214. The molecule has 0 aliphatic carbocycles. The predicted octanol–water partition coefficient (Wildman–Crippen LogP) is 3.44. The Morgan fingerprint density at radius 3 is 2.47 bits per heavy atom. The van der Waals surface area contributed by atoms with Gasteiger partial charge in [-0.3, -0.25) is 4.79 Å². The third kappa shape index (κ3) is 3.86. The fourth-order valence-corrected chi connectivity index (χ4v) is 2.12. The maximum Gasteiger partial charge on any atom is 0.323 e. The molecule has 0 unspecified atom stereocenters. The summed E-state index contributed by atoms with van der Waals surface area (Å²) in [4.78, 5) is 12.7. The minimum absolute atomic E-state index is 0.0681. The van der Waals surface area contributed by atoms with Crippen LogP contribution < -0.4 is 4.90 Å². The van der Waals surface area contributed by atoms with E-state index in [2.05, 4.69) is 15.9 Å². The lowest BCUT2D eigenvalue weighted by molar-refractivity contribution is -0.135. The summed E-state index contributed by atoms with van der Waals surface area (Å²) in [7, 11) is 0. The van der Waals surface area contributed by atoms with Crippen LogP contribution in [0.25, 0.3) is 0 Å². The number of carboxylic acid groups (broad SMARTS) is 1. The second-order valence-electron chi connectivity index (χ2n) is 4.29. The van der Waals surface area contributed by atoms with E-state index in [-0.39, 0.29) is 6.54 Å². The van der Waals surface area contributed by atoms with E-state index in [1.807, 2.05) is 37.3 Å². The van der Waals surface area contributed by atoms with Gasteiger partial charge in [0.2, 0.25) is 0 Å². The van der Waals surface area contributed by atoms with Crippen LogP contribution in [0.1, 0.15) is 11.3 Å². The quantitative estimate of drug-likeness (QED) is 0.915. The summed E-state index contributed by atoms with van der Waals surface area (Å²) in [5.41, 5.74) is 2.00. The number of rotatable bonds is 5. The van der Waals surface area contributed by atoms with Crippen LogP contribution in [0.2, 0.25) is 0 Å². The van der Waals surface area contributed by atoms with Crippen LogP contribution in [-0.4, -0.2) is 17.6 Å². The van der Waals surface area contributed by atoms with Gasteiger partial charge in [-0.25, -0.2) is 0 Å². The first-order valence-electron chi connectivity index (χ1n) is 5.82. The van der Waals surface area contributed by atoms with E-state index in [1.54, 1.807) is 11.0 Å². The molecule has 0 saturated carbocycles. The summed E-state index contributed by atoms with van der Waals surface area (Å²) in [5, 5.41) is 9.00. The lowest BCUT2D eigenvalue weighted by atomic mass is 10.2. The molecule has 1 heterocycles. The maximum atomic E-state index is 11.0. The largest absolute Gasteiger partial charge is 0.480 e. The van der Waals surface area contributed by atoms with Crippen molar-refractivity contribution in [2.45, 2.75) is 13.5 Å². The molecule has 1 N–H and O–H groups in total. The molecule has 0 amide bonds. The Morgan fingerprint density at radius 1 is 1.26 bits per heavy atom. The van der Waals surface area contributed by atoms with Crippen molar-refractivity contribution in [3.63, 3.8) is 0 Å². The molecule has 5 heteroatoms. The number of hydrogen-bond donors (Lipinski definition) is 1. The van der Waals surface area contributed by atoms with Gasteiger partial charge in [0.1, 0.15) is 12.3 Å². The second-order valence-corrected chi connectivity index (χ2v) is 5.07. The van der Waals surface area contributed by atoms with Crippen molar-refractivity contribution in [1.29, 1.82) is 0 Å². The van der Waals surface area contributed by atoms with Crippen molar-refractivity contribution in [2.24, 2.45) is 0 Å². The first kappa shape index (κ1) is 13.7. The maximum absolute atomic E-state index is 11.0. The molecule has 100 valence electrons. The first-order chi connectivity index (χ1) is 9.04. The number of halogens is 1. The highest BCUT2D eigenvalue weighted by molar-refractivity contribution is 9.10. The molecule has 4 nitrogen and oxygen atoms in total. The Labute approximate surface area is 119 Å². The number of anilines is 1. The van der Waals surface area contributed by atoms with Crippen molar-refractivity contribution < 1.29 is 14.3 Å². The topological polar surface area (TPSA) is 53.7 Å². The minimum Gasteiger partial charge on any atom is -0.480 e. The van der Waals surface area contributed by atoms with Gasteiger partial charge in [0.15, 0.2) is 4.67 Å². The average molecular weight is 324 g/mol. The van der Waals surface area contributed by atoms with Crippen LogP contribution in [0.4, 0.5) is 5.69 Å². The predicted molar refractivity (Wildman–Crippen MR) is 76.3 cm³/mol. The highest BCUT2D eigenvalue weighted by Crippen LogP contribution is 2.20. The van der Waals surface area contributed by atoms with Gasteiger partial charge >= 0.3 is 5.97 Å². The molecule has 0 atom stereocenters. The molecule has 1 aromatic heterocycles. The minimum atomic E-state index is -0.869. The van der Waals surface area contributed by atoms with E-state index in [0.29, 0.717) is 17.0 Å². The van der Waals surface area contributed by atoms with Crippen LogP contribution >= 0.6 is 15.9 Å². The van der Waals surface area contributed by atoms with Crippen LogP contribution in [-0.2, 0) is 11.3 Å². The SMILES string of the molecule is Cc1ccc(N(CC(=O)O)Cc2ccc(Br)o2)cc1. The van der Waals surface area contributed by atoms with Crippen LogP contribution in [0.15, 0.2) is 45.5 Å². The third-order valence-corrected chi connectivity index (χ3v) is 3.13. The molecule has 0 radical (unpaired) electrons. The van der Waals surface area contributed by atoms with Crippen LogP contribution in [0.3, 0.4) is 0 Å². The van der Waals surface area contributed by atoms with Crippen molar-refractivity contribution in [2.75, 3.05) is 11.4 Å². The zero-order valence-corrected chi connectivity index (χ0v) is 12.1. The second kappa shape index (κ2) is 5.93. The fourth-order valence-electron chi connectivity index (χ4n) is 1.78. The summed E-state index contributed by atoms with van der Waals surface area (Å²) in [5.74, 6) is -0.153. The van der Waals surface area contributed by atoms with Crippen LogP contribution in [0.5, 0.6) is 0 Å². The van der Waals surface area contributed by atoms with Gasteiger partial charge in [-0.05, 0) is 47.1 Å². The van der Waals surface area contributed by atoms with Gasteiger partial charge in [-0.15, -0.1) is 0 Å². The van der Waals surface area contributed by atoms with E-state index in [9.17, 15) is 4.79 Å². The number of aryl methyl sites for hydroxylation is 1. The van der Waals surface area contributed by atoms with Gasteiger partial charge in [-0.1, -0.05) is 17.7 Å². The van der Waals surface area contributed by atoms with E-state index in [0.717, 1.165) is 11.3 Å². The molecule has 19 heavy (non-hydrogen) atoms. The Morgan fingerprint density at radius 2 is 1.95 bits per heavy atom. The summed E-state index contributed by atoms with van der Waals surface area (Å²) in [6, 6.07) is 11.4. The number of aliphatic carboxylic acids is 1. The van der Waals surface area contributed by atoms with E-state index in [4.69, 9.17) is 9.52 Å². The standard InChI is InChI=1S/C14H14BrNO3/c1-10-2-4-11(5-3-10)16(9-14(17)18)8-12-6-7-13(15)19-12/h2-7H,8-9H2,1H3,(H,17,18). The smallest absolute Gasteiger partial charge is 0.323 e. The number of carboxylic acids is 1. The highest BCUT2D eigenvalue weighted by Gasteiger charge is 2.13. The average Bonchev–Trinajstić information content (AvgIpc) is 2.74. The van der Waals surface area contributed by atoms with Gasteiger partial charge in [0.25, 0.3) is 0 Å². The third-order valence-electron chi connectivity index (χ3n) is 2.70. The molecule has 2 aromatic rings. The Kier molecular flexibility index (Phi) is 4.27. The number of carbonyl (C=O) groups is 1. The summed E-state index contributed by atoms with van der Waals surface area (Å²) < 4.78 is 6.06. The lowest BCUT2D eigenvalue weighted by Gasteiger charge is -2.21. The number of hydrogen-bond acceptors (Lipinski definition) is 3. The highest BCUT2D eigenvalue weighted by atomic mass is 79.9. The summed E-state index contributed by atoms with van der Waals surface area (Å²) >= 11 is 3.24. The number of furan rings is 1. The zero-order chi connectivity index (χ0) is 13.8. The first-order valence-corrected chi connectivity index (χ1v) is 6.61. The van der Waals surface area contributed by atoms with Gasteiger partial charge in [0, 0.05) is 5.69 Å². The molecule has 0 saturated heterocycles. The lowest BCUT2D eigenvalue weighted by Crippen LogP contribution is -2.28.